The van der Waals surface area contributed by atoms with Crippen LogP contribution < -0.4 is 49.1 Å². The van der Waals surface area contributed by atoms with Crippen molar-refractivity contribution in [2.75, 3.05) is 45.9 Å². The number of phenolic OH excluding ortho intramolecular Hbond substituents is 1. The number of fused-ring (bicyclic) bond motifs is 3. The van der Waals surface area contributed by atoms with Crippen molar-refractivity contribution >= 4 is 47.3 Å². The molecule has 3 aliphatic rings. The molecule has 2 bridgehead atoms. The molecule has 4 rings (SSSR count). The Balaban J connectivity index is 1.74. The molecule has 3 heterocycles. The maximum atomic E-state index is 14.7. The van der Waals surface area contributed by atoms with Crippen molar-refractivity contribution in [2.24, 2.45) is 35.0 Å². The minimum atomic E-state index is -2.33. The van der Waals surface area contributed by atoms with E-state index < -0.39 is 177 Å². The van der Waals surface area contributed by atoms with Gasteiger partial charge in [0.25, 0.3) is 0 Å². The quantitative estimate of drug-likeness (QED) is 0.0358. The van der Waals surface area contributed by atoms with Gasteiger partial charge in [0.2, 0.25) is 47.3 Å². The van der Waals surface area contributed by atoms with Gasteiger partial charge in [0.15, 0.2) is 6.23 Å². The summed E-state index contributed by atoms with van der Waals surface area (Å²) < 4.78 is 5.74. The number of ether oxygens (including phenoxy) is 1. The zero-order valence-electron chi connectivity index (χ0n) is 49.6. The molecule has 8 amide bonds. The second kappa shape index (κ2) is 35.8. The molecule has 0 aliphatic carbocycles. The minimum Gasteiger partial charge on any atom is -0.508 e. The van der Waals surface area contributed by atoms with Crippen molar-refractivity contribution in [1.82, 2.24) is 41.7 Å². The summed E-state index contributed by atoms with van der Waals surface area (Å²) in [7, 11) is 0. The lowest BCUT2D eigenvalue weighted by Gasteiger charge is -2.34. The molecular formula is C57H97N11O17. The monoisotopic (exact) mass is 1210 g/mol. The van der Waals surface area contributed by atoms with Crippen LogP contribution in [0.5, 0.6) is 5.75 Å². The number of nitrogens with zero attached hydrogens (tertiary/aromatic N) is 2. The smallest absolute Gasteiger partial charge is 0.248 e. The molecule has 28 nitrogen and oxygen atoms in total. The Morgan fingerprint density at radius 2 is 1.35 bits per heavy atom. The number of nitrogens with two attached hydrogens (primary N) is 3. The fourth-order valence-corrected chi connectivity index (χ4v) is 10.8. The first-order valence-corrected chi connectivity index (χ1v) is 30.0. The number of amides is 8. The zero-order valence-corrected chi connectivity index (χ0v) is 49.6. The molecule has 3 saturated heterocycles. The van der Waals surface area contributed by atoms with Gasteiger partial charge in [-0.05, 0) is 75.1 Å². The van der Waals surface area contributed by atoms with Gasteiger partial charge in [0, 0.05) is 52.0 Å². The van der Waals surface area contributed by atoms with Crippen molar-refractivity contribution < 1.29 is 83.9 Å². The third-order valence-electron chi connectivity index (χ3n) is 16.1. The van der Waals surface area contributed by atoms with Crippen molar-refractivity contribution in [1.29, 1.82) is 0 Å². The number of carbonyl (C=O) groups excluding carboxylic acids is 8. The predicted octanol–water partition coefficient (Wildman–Crippen LogP) is -3.80. The second-order valence-electron chi connectivity index (χ2n) is 23.2. The molecule has 20 N–H and O–H groups in total. The van der Waals surface area contributed by atoms with Gasteiger partial charge < -0.3 is 104 Å². The van der Waals surface area contributed by atoms with E-state index in [0.29, 0.717) is 31.1 Å². The standard InChI is InChI=1S/C57H97N11O17/c1-5-31(2)25-32(3)13-10-8-6-7-9-11-15-44(75)62-39-27-42(73)55(85-24-22-59)66-50(78)37-29-67(30-43(37)74)56(83)46(41(72)20-23-61-51(79)38(60)14-12-21-58)64-54(82)47(49(77)48(76)34-16-18-35(70)19-17-34)65-53(81)40-26-36(71)28-68(40)57(84)45(33(4)69)63-52(39)80/h16-19,31-33,36-43,45-49,55,69-74,76-77H,5-15,20-30,58-60H2,1-4H3,(H,61,79)(H,62,75)(H,63,80)(H,64,82)(H,65,81)(H,66,78)/t31?,32?,33-,36-,37?,38+,39?,40?,41-,42-,43+,45+,46+,47+,48+,49+,55-/m1/s1. The number of nitrogens with one attached hydrogen (secondary N) is 6. The van der Waals surface area contributed by atoms with Crippen LogP contribution >= 0.6 is 0 Å². The lowest BCUT2D eigenvalue weighted by molar-refractivity contribution is -0.147. The summed E-state index contributed by atoms with van der Waals surface area (Å²) in [5.41, 5.74) is 17.2. The topological polar surface area (TPSA) is 464 Å². The van der Waals surface area contributed by atoms with Crippen LogP contribution in [0, 0.1) is 17.8 Å². The SMILES string of the molecule is CCC(C)CC(C)CCCCCCCCC(=O)NC1C[C@@H](O)[C@@H](OCCN)NC(=O)C2CN(C[C@@H]2O)C(=O)[C@H]([C@H](O)CCNC(=O)[C@@H](N)CCCN)NC(=O)[C@H]([C@H](O)[C@@H](O)c2ccc(O)cc2)NC(=O)C2C[C@@H](O)CN2C(=O)[C@H]([C@@H](C)O)NC1=O. The normalized spacial score (nSPS) is 27.4. The summed E-state index contributed by atoms with van der Waals surface area (Å²) in [6.07, 6.45) is -7.21. The maximum Gasteiger partial charge on any atom is 0.248 e. The maximum absolute atomic E-state index is 14.7. The summed E-state index contributed by atoms with van der Waals surface area (Å²) in [4.78, 5) is 115. The van der Waals surface area contributed by atoms with Gasteiger partial charge >= 0.3 is 0 Å². The van der Waals surface area contributed by atoms with Crippen LogP contribution in [0.1, 0.15) is 136 Å². The molecular weight excluding hydrogens is 1110 g/mol. The number of phenols is 1. The van der Waals surface area contributed by atoms with Crippen LogP contribution in [-0.4, -0.2) is 223 Å². The molecule has 0 spiro atoms. The van der Waals surface area contributed by atoms with Crippen molar-refractivity contribution in [3.8, 4) is 5.75 Å². The number of unbranched alkanes of at least 4 members (excludes halogenated alkanes) is 5. The van der Waals surface area contributed by atoms with E-state index in [1.54, 1.807) is 0 Å². The van der Waals surface area contributed by atoms with Crippen LogP contribution in [0.25, 0.3) is 0 Å². The largest absolute Gasteiger partial charge is 0.508 e. The molecule has 3 fully saturated rings. The molecule has 0 saturated carbocycles. The highest BCUT2D eigenvalue weighted by molar-refractivity contribution is 5.97. The lowest BCUT2D eigenvalue weighted by atomic mass is 9.91. The Kier molecular flexibility index (Phi) is 30.3. The minimum absolute atomic E-state index is 0.0515. The van der Waals surface area contributed by atoms with E-state index in [0.717, 1.165) is 67.4 Å². The lowest BCUT2D eigenvalue weighted by Crippen LogP contribution is -2.64. The van der Waals surface area contributed by atoms with Crippen LogP contribution in [0.3, 0.4) is 0 Å². The van der Waals surface area contributed by atoms with Gasteiger partial charge in [-0.15, -0.1) is 0 Å². The molecule has 5 unspecified atom stereocenters. The molecule has 0 radical (unpaired) electrons. The molecule has 85 heavy (non-hydrogen) atoms. The number of aromatic hydroxyl groups is 1. The first-order chi connectivity index (χ1) is 40.3. The van der Waals surface area contributed by atoms with Gasteiger partial charge in [0.05, 0.1) is 43.0 Å². The fourth-order valence-electron chi connectivity index (χ4n) is 10.8. The third-order valence-corrected chi connectivity index (χ3v) is 16.1. The van der Waals surface area contributed by atoms with Gasteiger partial charge in [-0.25, -0.2) is 0 Å². The Morgan fingerprint density at radius 3 is 2.00 bits per heavy atom. The van der Waals surface area contributed by atoms with E-state index >= 15 is 0 Å². The van der Waals surface area contributed by atoms with Crippen LogP contribution in [0.15, 0.2) is 24.3 Å². The number of aliphatic hydroxyl groups is 7. The van der Waals surface area contributed by atoms with Crippen molar-refractivity contribution in [2.45, 2.75) is 209 Å². The van der Waals surface area contributed by atoms with Crippen LogP contribution in [0.2, 0.25) is 0 Å². The number of aliphatic hydroxyl groups excluding tert-OH is 7. The molecule has 1 aromatic rings. The van der Waals surface area contributed by atoms with E-state index in [1.807, 2.05) is 0 Å². The summed E-state index contributed by atoms with van der Waals surface area (Å²) in [5.74, 6) is -8.73. The Bertz CT molecular complexity index is 2310. The fraction of sp³-hybridized carbons (Fsp3) is 0.754. The molecule has 28 heteroatoms. The van der Waals surface area contributed by atoms with Gasteiger partial charge in [-0.1, -0.05) is 77.8 Å². The van der Waals surface area contributed by atoms with E-state index in [4.69, 9.17) is 21.9 Å². The predicted molar refractivity (Wildman–Crippen MR) is 308 cm³/mol. The van der Waals surface area contributed by atoms with Crippen LogP contribution in [-0.2, 0) is 43.1 Å². The molecule has 17 atom stereocenters. The summed E-state index contributed by atoms with van der Waals surface area (Å²) in [6.45, 7) is 5.59. The second-order valence-corrected chi connectivity index (χ2v) is 23.2. The first-order valence-electron chi connectivity index (χ1n) is 30.0. The summed E-state index contributed by atoms with van der Waals surface area (Å²) in [6, 6.07) is -5.99. The molecule has 1 aromatic carbocycles. The number of carbonyl (C=O) groups is 8. The summed E-state index contributed by atoms with van der Waals surface area (Å²) in [5, 5.41) is 105. The highest BCUT2D eigenvalue weighted by atomic mass is 16.5. The number of hydrogen-bond acceptors (Lipinski definition) is 20. The Labute approximate surface area is 497 Å². The van der Waals surface area contributed by atoms with Crippen LogP contribution in [0.4, 0.5) is 0 Å². The molecule has 3 aliphatic heterocycles. The Morgan fingerprint density at radius 1 is 0.706 bits per heavy atom. The van der Waals surface area contributed by atoms with E-state index in [9.17, 15) is 79.2 Å². The summed E-state index contributed by atoms with van der Waals surface area (Å²) >= 11 is 0. The van der Waals surface area contributed by atoms with Crippen molar-refractivity contribution in [3.05, 3.63) is 29.8 Å². The molecule has 0 aromatic heterocycles. The highest BCUT2D eigenvalue weighted by Gasteiger charge is 2.48. The van der Waals surface area contributed by atoms with Gasteiger partial charge in [-0.2, -0.15) is 0 Å². The van der Waals surface area contributed by atoms with Gasteiger partial charge in [-0.3, -0.25) is 38.4 Å². The van der Waals surface area contributed by atoms with E-state index in [-0.39, 0.29) is 50.4 Å². The first kappa shape index (κ1) is 71.8. The van der Waals surface area contributed by atoms with E-state index in [1.165, 1.54) is 18.6 Å². The van der Waals surface area contributed by atoms with E-state index in [2.05, 4.69) is 52.7 Å². The Hall–Kier alpha value is -5.66. The molecule has 482 valence electrons. The average Bonchev–Trinajstić information content (AvgIpc) is 3.73. The van der Waals surface area contributed by atoms with Crippen molar-refractivity contribution in [3.63, 3.8) is 0 Å². The highest BCUT2D eigenvalue weighted by Crippen LogP contribution is 2.27. The number of rotatable bonds is 28. The third kappa shape index (κ3) is 22.2. The number of benzene rings is 1. The number of hydrogen-bond donors (Lipinski definition) is 17. The zero-order chi connectivity index (χ0) is 63.1. The van der Waals surface area contributed by atoms with Gasteiger partial charge in [0.1, 0.15) is 54.3 Å². The average molecular weight is 1210 g/mol.